The summed E-state index contributed by atoms with van der Waals surface area (Å²) >= 11 is 5.81. The third kappa shape index (κ3) is 3.92. The Morgan fingerprint density at radius 3 is 2.74 bits per heavy atom. The molecule has 0 radical (unpaired) electrons. The number of carbonyl (C=O) groups is 1. The molecule has 23 heavy (non-hydrogen) atoms. The summed E-state index contributed by atoms with van der Waals surface area (Å²) in [6.07, 6.45) is 2.05. The summed E-state index contributed by atoms with van der Waals surface area (Å²) in [7, 11) is 0. The number of benzene rings is 2. The van der Waals surface area contributed by atoms with E-state index in [4.69, 9.17) is 11.6 Å². The number of aromatic nitrogens is 1. The first-order valence-corrected chi connectivity index (χ1v) is 8.02. The van der Waals surface area contributed by atoms with Crippen LogP contribution in [0.1, 0.15) is 15.9 Å². The topological polar surface area (TPSA) is 61.5 Å². The molecule has 0 saturated carbocycles. The Morgan fingerprint density at radius 2 is 1.91 bits per heavy atom. The number of hydrogen-bond acceptors (Lipinski definition) is 1. The van der Waals surface area contributed by atoms with Gasteiger partial charge in [0.15, 0.2) is 0 Å². The summed E-state index contributed by atoms with van der Waals surface area (Å²) in [4.78, 5) is 15.2. The summed E-state index contributed by atoms with van der Waals surface area (Å²) in [6, 6.07) is 15.2. The van der Waals surface area contributed by atoms with Gasteiger partial charge < -0.3 is 15.6 Å². The maximum absolute atomic E-state index is 11.9. The second kappa shape index (κ2) is 7.31. The predicted molar refractivity (Wildman–Crippen MR) is 92.6 cm³/mol. The molecule has 0 fully saturated rings. The van der Waals surface area contributed by atoms with Crippen LogP contribution in [0, 0.1) is 0 Å². The highest BCUT2D eigenvalue weighted by Gasteiger charge is 2.06. The molecule has 0 aliphatic carbocycles. The molecule has 1 heterocycles. The van der Waals surface area contributed by atoms with Crippen molar-refractivity contribution in [2.24, 2.45) is 0 Å². The van der Waals surface area contributed by atoms with Gasteiger partial charge in [0.05, 0.1) is 13.1 Å². The van der Waals surface area contributed by atoms with Gasteiger partial charge in [0.2, 0.25) is 0 Å². The monoisotopic (exact) mass is 328 g/mol. The van der Waals surface area contributed by atoms with E-state index < -0.39 is 0 Å². The highest BCUT2D eigenvalue weighted by atomic mass is 35.5. The van der Waals surface area contributed by atoms with Crippen molar-refractivity contribution in [1.29, 1.82) is 0 Å². The highest BCUT2D eigenvalue weighted by Crippen LogP contribution is 2.16. The largest absolute Gasteiger partial charge is 0.361 e. The third-order valence-corrected chi connectivity index (χ3v) is 4.03. The number of carbonyl (C=O) groups excluding carboxylic acids is 1. The third-order valence-electron chi connectivity index (χ3n) is 3.78. The second-order valence-corrected chi connectivity index (χ2v) is 5.84. The number of hydrogen-bond donors (Lipinski definition) is 3. The molecule has 5 heteroatoms. The molecule has 0 unspecified atom stereocenters. The summed E-state index contributed by atoms with van der Waals surface area (Å²) < 4.78 is 0. The van der Waals surface area contributed by atoms with Crippen molar-refractivity contribution in [2.75, 3.05) is 13.1 Å². The minimum Gasteiger partial charge on any atom is -0.361 e. The molecule has 0 saturated heterocycles. The van der Waals surface area contributed by atoms with Crippen LogP contribution in [0.5, 0.6) is 0 Å². The molecule has 0 spiro atoms. The average Bonchev–Trinajstić information content (AvgIpc) is 2.98. The number of rotatable bonds is 6. The number of amides is 1. The fraction of sp³-hybridized carbons (Fsp3) is 0.167. The van der Waals surface area contributed by atoms with Gasteiger partial charge in [-0.3, -0.25) is 4.79 Å². The molecule has 1 aromatic heterocycles. The number of aromatic amines is 1. The molecule has 0 atom stereocenters. The van der Waals surface area contributed by atoms with Gasteiger partial charge >= 0.3 is 0 Å². The van der Waals surface area contributed by atoms with E-state index in [0.717, 1.165) is 18.6 Å². The van der Waals surface area contributed by atoms with E-state index in [1.54, 1.807) is 24.3 Å². The normalized spacial score (nSPS) is 10.8. The van der Waals surface area contributed by atoms with Gasteiger partial charge in [0.1, 0.15) is 6.54 Å². The van der Waals surface area contributed by atoms with Crippen LogP contribution >= 0.6 is 11.6 Å². The lowest BCUT2D eigenvalue weighted by atomic mass is 10.2. The summed E-state index contributed by atoms with van der Waals surface area (Å²) in [5.74, 6) is -0.0674. The van der Waals surface area contributed by atoms with Gasteiger partial charge in [0, 0.05) is 33.2 Å². The first-order chi connectivity index (χ1) is 11.2. The first-order valence-electron chi connectivity index (χ1n) is 7.64. The lowest BCUT2D eigenvalue weighted by Gasteiger charge is -2.05. The van der Waals surface area contributed by atoms with E-state index >= 15 is 0 Å². The van der Waals surface area contributed by atoms with Gasteiger partial charge in [-0.2, -0.15) is 0 Å². The number of para-hydroxylation sites is 1. The van der Waals surface area contributed by atoms with Crippen LogP contribution in [0.4, 0.5) is 0 Å². The molecular formula is C18H19ClN3O+. The zero-order valence-corrected chi connectivity index (χ0v) is 13.4. The van der Waals surface area contributed by atoms with E-state index in [-0.39, 0.29) is 5.91 Å². The van der Waals surface area contributed by atoms with Crippen molar-refractivity contribution >= 4 is 28.4 Å². The number of quaternary nitrogens is 1. The van der Waals surface area contributed by atoms with Crippen molar-refractivity contribution < 1.29 is 10.1 Å². The first kappa shape index (κ1) is 15.6. The lowest BCUT2D eigenvalue weighted by molar-refractivity contribution is -0.668. The van der Waals surface area contributed by atoms with Crippen molar-refractivity contribution in [1.82, 2.24) is 10.3 Å². The van der Waals surface area contributed by atoms with Crippen molar-refractivity contribution in [3.05, 3.63) is 70.9 Å². The Bertz CT molecular complexity index is 795. The van der Waals surface area contributed by atoms with Crippen molar-refractivity contribution in [2.45, 2.75) is 6.54 Å². The minimum atomic E-state index is -0.0674. The fourth-order valence-electron chi connectivity index (χ4n) is 2.55. The molecule has 0 aliphatic rings. The van der Waals surface area contributed by atoms with Crippen LogP contribution in [-0.2, 0) is 6.54 Å². The van der Waals surface area contributed by atoms with Gasteiger partial charge in [-0.25, -0.2) is 0 Å². The lowest BCUT2D eigenvalue weighted by Crippen LogP contribution is -2.84. The van der Waals surface area contributed by atoms with Gasteiger partial charge in [0.25, 0.3) is 5.91 Å². The summed E-state index contributed by atoms with van der Waals surface area (Å²) in [5.41, 5.74) is 3.07. The molecule has 3 rings (SSSR count). The SMILES string of the molecule is O=C(NCC[NH2+]Cc1c[nH]c2ccccc12)c1ccc(Cl)cc1. The summed E-state index contributed by atoms with van der Waals surface area (Å²) in [5, 5.41) is 7.00. The average molecular weight is 329 g/mol. The molecule has 4 N–H and O–H groups in total. The number of halogens is 1. The van der Waals surface area contributed by atoms with Crippen molar-refractivity contribution in [3.63, 3.8) is 0 Å². The van der Waals surface area contributed by atoms with Crippen molar-refractivity contribution in [3.8, 4) is 0 Å². The molecular weight excluding hydrogens is 310 g/mol. The number of fused-ring (bicyclic) bond motifs is 1. The Morgan fingerprint density at radius 1 is 1.13 bits per heavy atom. The quantitative estimate of drug-likeness (QED) is 0.597. The Balaban J connectivity index is 1.43. The molecule has 1 amide bonds. The Hall–Kier alpha value is -2.30. The van der Waals surface area contributed by atoms with E-state index in [1.165, 1.54) is 10.9 Å². The zero-order chi connectivity index (χ0) is 16.1. The van der Waals surface area contributed by atoms with Crippen LogP contribution in [0.2, 0.25) is 5.02 Å². The van der Waals surface area contributed by atoms with Crippen LogP contribution in [0.15, 0.2) is 54.7 Å². The molecule has 4 nitrogen and oxygen atoms in total. The summed E-state index contributed by atoms with van der Waals surface area (Å²) in [6.45, 7) is 2.35. The van der Waals surface area contributed by atoms with Gasteiger partial charge in [-0.05, 0) is 30.3 Å². The second-order valence-electron chi connectivity index (χ2n) is 5.40. The van der Waals surface area contributed by atoms with E-state index in [0.29, 0.717) is 17.1 Å². The molecule has 0 bridgehead atoms. The molecule has 118 valence electrons. The maximum atomic E-state index is 11.9. The van der Waals surface area contributed by atoms with E-state index in [9.17, 15) is 4.79 Å². The molecule has 0 aliphatic heterocycles. The standard InChI is InChI=1S/C18H18ClN3O/c19-15-7-5-13(6-8-15)18(23)21-10-9-20-11-14-12-22-17-4-2-1-3-16(14)17/h1-8,12,20,22H,9-11H2,(H,21,23)/p+1. The van der Waals surface area contributed by atoms with Gasteiger partial charge in [-0.15, -0.1) is 0 Å². The minimum absolute atomic E-state index is 0.0674. The number of H-pyrrole nitrogens is 1. The van der Waals surface area contributed by atoms with Gasteiger partial charge in [-0.1, -0.05) is 29.8 Å². The maximum Gasteiger partial charge on any atom is 0.251 e. The van der Waals surface area contributed by atoms with E-state index in [2.05, 4.69) is 27.8 Å². The van der Waals surface area contributed by atoms with Crippen LogP contribution in [0.25, 0.3) is 10.9 Å². The number of nitrogens with one attached hydrogen (secondary N) is 2. The Kier molecular flexibility index (Phi) is 4.95. The molecule has 2 aromatic carbocycles. The zero-order valence-electron chi connectivity index (χ0n) is 12.7. The van der Waals surface area contributed by atoms with E-state index in [1.807, 2.05) is 18.3 Å². The fourth-order valence-corrected chi connectivity index (χ4v) is 2.68. The smallest absolute Gasteiger partial charge is 0.251 e. The number of nitrogens with two attached hydrogens (primary N) is 1. The molecule has 3 aromatic rings. The van der Waals surface area contributed by atoms with Crippen LogP contribution in [-0.4, -0.2) is 24.0 Å². The predicted octanol–water partition coefficient (Wildman–Crippen LogP) is 2.31. The van der Waals surface area contributed by atoms with Crippen LogP contribution < -0.4 is 10.6 Å². The van der Waals surface area contributed by atoms with Crippen LogP contribution in [0.3, 0.4) is 0 Å². The highest BCUT2D eigenvalue weighted by molar-refractivity contribution is 6.30. The Labute approximate surface area is 139 Å².